The molecule has 2 aromatic heterocycles. The minimum Gasteiger partial charge on any atom is -0.478 e. The average molecular weight is 317 g/mol. The molecule has 78 valence electrons. The van der Waals surface area contributed by atoms with Gasteiger partial charge in [0.1, 0.15) is 0 Å². The molecule has 2 heterocycles. The Balaban J connectivity index is 2.82. The van der Waals surface area contributed by atoms with Gasteiger partial charge in [0.25, 0.3) is 0 Å². The average Bonchev–Trinajstić information content (AvgIpc) is 2.43. The Morgan fingerprint density at radius 3 is 2.73 bits per heavy atom. The van der Waals surface area contributed by atoms with Crippen LogP contribution in [0.1, 0.15) is 21.7 Å². The Morgan fingerprint density at radius 2 is 2.13 bits per heavy atom. The Hall–Kier alpha value is -1.18. The van der Waals surface area contributed by atoms with Crippen LogP contribution in [0.2, 0.25) is 0 Å². The SMILES string of the molecule is Cc1nc2c(I)c(C)nn2cc1C(=O)O. The largest absolute Gasteiger partial charge is 0.478 e. The summed E-state index contributed by atoms with van der Waals surface area (Å²) in [6.45, 7) is 3.55. The highest BCUT2D eigenvalue weighted by atomic mass is 127. The lowest BCUT2D eigenvalue weighted by Crippen LogP contribution is -2.05. The van der Waals surface area contributed by atoms with E-state index < -0.39 is 5.97 Å². The maximum absolute atomic E-state index is 10.9. The molecule has 0 aliphatic heterocycles. The molecular formula is C9H8IN3O2. The zero-order valence-corrected chi connectivity index (χ0v) is 10.3. The second kappa shape index (κ2) is 3.44. The fourth-order valence-electron chi connectivity index (χ4n) is 1.35. The number of carboxylic acid groups (broad SMARTS) is 1. The van der Waals surface area contributed by atoms with Gasteiger partial charge in [0, 0.05) is 6.20 Å². The molecule has 1 N–H and O–H groups in total. The molecule has 6 heteroatoms. The first-order chi connectivity index (χ1) is 7.00. The van der Waals surface area contributed by atoms with E-state index in [4.69, 9.17) is 5.11 Å². The smallest absolute Gasteiger partial charge is 0.339 e. The van der Waals surface area contributed by atoms with Crippen LogP contribution < -0.4 is 0 Å². The molecule has 2 aromatic rings. The zero-order valence-electron chi connectivity index (χ0n) is 8.15. The molecule has 5 nitrogen and oxygen atoms in total. The number of aromatic carboxylic acids is 1. The Labute approximate surface area is 99.3 Å². The predicted molar refractivity (Wildman–Crippen MR) is 62.1 cm³/mol. The minimum absolute atomic E-state index is 0.182. The molecule has 2 rings (SSSR count). The summed E-state index contributed by atoms with van der Waals surface area (Å²) >= 11 is 2.15. The van der Waals surface area contributed by atoms with Gasteiger partial charge >= 0.3 is 5.97 Å². The van der Waals surface area contributed by atoms with E-state index in [2.05, 4.69) is 32.7 Å². The zero-order chi connectivity index (χ0) is 11.2. The molecule has 0 amide bonds. The maximum Gasteiger partial charge on any atom is 0.339 e. The third-order valence-corrected chi connectivity index (χ3v) is 3.40. The first-order valence-corrected chi connectivity index (χ1v) is 5.34. The van der Waals surface area contributed by atoms with Gasteiger partial charge in [0.2, 0.25) is 0 Å². The van der Waals surface area contributed by atoms with Crippen LogP contribution in [0.15, 0.2) is 6.20 Å². The number of aromatic nitrogens is 3. The van der Waals surface area contributed by atoms with Crippen molar-refractivity contribution in [1.29, 1.82) is 0 Å². The summed E-state index contributed by atoms with van der Waals surface area (Å²) < 4.78 is 2.46. The van der Waals surface area contributed by atoms with Crippen molar-refractivity contribution in [2.24, 2.45) is 0 Å². The van der Waals surface area contributed by atoms with Gasteiger partial charge < -0.3 is 5.11 Å². The summed E-state index contributed by atoms with van der Waals surface area (Å²) in [6.07, 6.45) is 1.50. The second-order valence-corrected chi connectivity index (χ2v) is 4.29. The highest BCUT2D eigenvalue weighted by molar-refractivity contribution is 14.1. The predicted octanol–water partition coefficient (Wildman–Crippen LogP) is 1.65. The number of carboxylic acids is 1. The molecule has 0 saturated carbocycles. The van der Waals surface area contributed by atoms with E-state index in [1.165, 1.54) is 10.7 Å². The third-order valence-electron chi connectivity index (χ3n) is 2.13. The number of fused-ring (bicyclic) bond motifs is 1. The van der Waals surface area contributed by atoms with E-state index in [1.54, 1.807) is 6.92 Å². The molecule has 0 aliphatic carbocycles. The summed E-state index contributed by atoms with van der Waals surface area (Å²) in [5.74, 6) is -0.981. The molecule has 0 fully saturated rings. The van der Waals surface area contributed by atoms with Crippen LogP contribution in [0, 0.1) is 17.4 Å². The van der Waals surface area contributed by atoms with E-state index in [-0.39, 0.29) is 5.56 Å². The molecule has 0 saturated heterocycles. The molecule has 0 spiro atoms. The summed E-state index contributed by atoms with van der Waals surface area (Å²) in [5.41, 5.74) is 2.25. The minimum atomic E-state index is -0.981. The van der Waals surface area contributed by atoms with Gasteiger partial charge in [-0.3, -0.25) is 0 Å². The van der Waals surface area contributed by atoms with E-state index in [0.717, 1.165) is 9.26 Å². The van der Waals surface area contributed by atoms with Gasteiger partial charge in [0.05, 0.1) is 20.5 Å². The standard InChI is InChI=1S/C9H8IN3O2/c1-4-6(9(14)15)3-13-8(11-4)7(10)5(2)12-13/h3H,1-2H3,(H,14,15). The van der Waals surface area contributed by atoms with Gasteiger partial charge in [0.15, 0.2) is 5.65 Å². The number of halogens is 1. The van der Waals surface area contributed by atoms with Crippen LogP contribution in [0.3, 0.4) is 0 Å². The van der Waals surface area contributed by atoms with Crippen molar-refractivity contribution in [2.75, 3.05) is 0 Å². The van der Waals surface area contributed by atoms with Crippen molar-refractivity contribution < 1.29 is 9.90 Å². The summed E-state index contributed by atoms with van der Waals surface area (Å²) in [5, 5.41) is 13.1. The Kier molecular flexibility index (Phi) is 2.37. The highest BCUT2D eigenvalue weighted by Gasteiger charge is 2.14. The Morgan fingerprint density at radius 1 is 1.47 bits per heavy atom. The van der Waals surface area contributed by atoms with Crippen LogP contribution in [0.25, 0.3) is 5.65 Å². The van der Waals surface area contributed by atoms with E-state index in [9.17, 15) is 4.79 Å². The number of hydrogen-bond donors (Lipinski definition) is 1. The molecule has 0 radical (unpaired) electrons. The van der Waals surface area contributed by atoms with E-state index in [0.29, 0.717) is 11.3 Å². The lowest BCUT2D eigenvalue weighted by atomic mass is 10.2. The van der Waals surface area contributed by atoms with Crippen LogP contribution in [0.5, 0.6) is 0 Å². The summed E-state index contributed by atoms with van der Waals surface area (Å²) in [4.78, 5) is 15.1. The van der Waals surface area contributed by atoms with Crippen LogP contribution in [-0.2, 0) is 0 Å². The van der Waals surface area contributed by atoms with E-state index >= 15 is 0 Å². The van der Waals surface area contributed by atoms with Gasteiger partial charge in [-0.05, 0) is 36.4 Å². The quantitative estimate of drug-likeness (QED) is 0.812. The third kappa shape index (κ3) is 1.58. The molecule has 0 unspecified atom stereocenters. The lowest BCUT2D eigenvalue weighted by Gasteiger charge is -2.00. The maximum atomic E-state index is 10.9. The second-order valence-electron chi connectivity index (χ2n) is 3.21. The number of rotatable bonds is 1. The summed E-state index contributed by atoms with van der Waals surface area (Å²) in [6, 6.07) is 0. The van der Waals surface area contributed by atoms with Crippen molar-refractivity contribution in [3.8, 4) is 0 Å². The van der Waals surface area contributed by atoms with Crippen molar-refractivity contribution in [3.05, 3.63) is 26.7 Å². The van der Waals surface area contributed by atoms with Gasteiger partial charge in [-0.1, -0.05) is 0 Å². The van der Waals surface area contributed by atoms with Gasteiger partial charge in [-0.25, -0.2) is 14.3 Å². The molecule has 0 bridgehead atoms. The Bertz CT molecular complexity index is 562. The molecule has 0 aliphatic rings. The number of aryl methyl sites for hydroxylation is 2. The van der Waals surface area contributed by atoms with Crippen molar-refractivity contribution in [3.63, 3.8) is 0 Å². The molecular weight excluding hydrogens is 309 g/mol. The van der Waals surface area contributed by atoms with E-state index in [1.807, 2.05) is 6.92 Å². The topological polar surface area (TPSA) is 67.5 Å². The first-order valence-electron chi connectivity index (χ1n) is 4.26. The molecule has 15 heavy (non-hydrogen) atoms. The summed E-state index contributed by atoms with van der Waals surface area (Å²) in [7, 11) is 0. The lowest BCUT2D eigenvalue weighted by molar-refractivity contribution is 0.0695. The van der Waals surface area contributed by atoms with Crippen molar-refractivity contribution in [2.45, 2.75) is 13.8 Å². The molecule has 0 aromatic carbocycles. The van der Waals surface area contributed by atoms with Crippen LogP contribution in [-0.4, -0.2) is 25.7 Å². The monoisotopic (exact) mass is 317 g/mol. The van der Waals surface area contributed by atoms with Gasteiger partial charge in [-0.2, -0.15) is 5.10 Å². The first kappa shape index (κ1) is 10.3. The normalized spacial score (nSPS) is 10.9. The van der Waals surface area contributed by atoms with Crippen molar-refractivity contribution in [1.82, 2.24) is 14.6 Å². The van der Waals surface area contributed by atoms with Crippen molar-refractivity contribution >= 4 is 34.2 Å². The highest BCUT2D eigenvalue weighted by Crippen LogP contribution is 2.17. The fraction of sp³-hybridized carbons (Fsp3) is 0.222. The number of hydrogen-bond acceptors (Lipinski definition) is 3. The van der Waals surface area contributed by atoms with Gasteiger partial charge in [-0.15, -0.1) is 0 Å². The van der Waals surface area contributed by atoms with Crippen LogP contribution >= 0.6 is 22.6 Å². The number of nitrogens with zero attached hydrogens (tertiary/aromatic N) is 3. The van der Waals surface area contributed by atoms with Crippen LogP contribution in [0.4, 0.5) is 0 Å². The number of carbonyl (C=O) groups is 1. The molecule has 0 atom stereocenters. The fourth-order valence-corrected chi connectivity index (χ4v) is 1.83.